The van der Waals surface area contributed by atoms with Crippen molar-refractivity contribution < 1.29 is 4.79 Å². The topological polar surface area (TPSA) is 59.8 Å². The third-order valence-corrected chi connectivity index (χ3v) is 5.47. The van der Waals surface area contributed by atoms with Crippen LogP contribution in [0.25, 0.3) is 11.0 Å². The van der Waals surface area contributed by atoms with E-state index in [2.05, 4.69) is 32.8 Å². The molecule has 0 atom stereocenters. The number of imidazole rings is 1. The van der Waals surface area contributed by atoms with Gasteiger partial charge in [0.25, 0.3) is 5.91 Å². The molecule has 2 heterocycles. The van der Waals surface area contributed by atoms with Crippen LogP contribution in [-0.2, 0) is 13.0 Å². The molecule has 0 saturated heterocycles. The SMILES string of the molecule is CCCCc1nc(C)c(C(=O)NCCn2c(C)nc3ccccc32)s1. The summed E-state index contributed by atoms with van der Waals surface area (Å²) in [6.07, 6.45) is 3.20. The van der Waals surface area contributed by atoms with Crippen molar-refractivity contribution in [1.82, 2.24) is 19.9 Å². The maximum absolute atomic E-state index is 12.5. The van der Waals surface area contributed by atoms with Crippen molar-refractivity contribution in [2.24, 2.45) is 0 Å². The lowest BCUT2D eigenvalue weighted by Crippen LogP contribution is -2.27. The first-order chi connectivity index (χ1) is 12.1. The summed E-state index contributed by atoms with van der Waals surface area (Å²) in [6.45, 7) is 7.35. The molecule has 2 aromatic heterocycles. The van der Waals surface area contributed by atoms with Crippen molar-refractivity contribution in [2.75, 3.05) is 6.54 Å². The van der Waals surface area contributed by atoms with Gasteiger partial charge in [0.15, 0.2) is 0 Å². The average Bonchev–Trinajstić information content (AvgIpc) is 3.13. The summed E-state index contributed by atoms with van der Waals surface area (Å²) in [5.41, 5.74) is 2.92. The maximum Gasteiger partial charge on any atom is 0.263 e. The van der Waals surface area contributed by atoms with Gasteiger partial charge >= 0.3 is 0 Å². The van der Waals surface area contributed by atoms with Crippen LogP contribution in [0.3, 0.4) is 0 Å². The Morgan fingerprint density at radius 2 is 2.04 bits per heavy atom. The van der Waals surface area contributed by atoms with E-state index in [0.717, 1.165) is 51.7 Å². The van der Waals surface area contributed by atoms with Gasteiger partial charge in [0, 0.05) is 13.1 Å². The van der Waals surface area contributed by atoms with Gasteiger partial charge in [-0.25, -0.2) is 9.97 Å². The highest BCUT2D eigenvalue weighted by molar-refractivity contribution is 7.13. The van der Waals surface area contributed by atoms with Crippen LogP contribution in [0.15, 0.2) is 24.3 Å². The van der Waals surface area contributed by atoms with E-state index in [4.69, 9.17) is 0 Å². The van der Waals surface area contributed by atoms with Crippen LogP contribution in [0, 0.1) is 13.8 Å². The predicted octanol–water partition coefficient (Wildman–Crippen LogP) is 3.88. The molecule has 25 heavy (non-hydrogen) atoms. The minimum atomic E-state index is -0.0279. The van der Waals surface area contributed by atoms with Crippen LogP contribution in [0.1, 0.15) is 46.0 Å². The van der Waals surface area contributed by atoms with E-state index < -0.39 is 0 Å². The molecule has 3 aromatic rings. The number of carbonyl (C=O) groups is 1. The maximum atomic E-state index is 12.5. The molecule has 0 aliphatic heterocycles. The number of rotatable bonds is 7. The number of aryl methyl sites for hydroxylation is 3. The highest BCUT2D eigenvalue weighted by atomic mass is 32.1. The lowest BCUT2D eigenvalue weighted by atomic mass is 10.3. The Labute approximate surface area is 152 Å². The number of hydrogen-bond acceptors (Lipinski definition) is 4. The zero-order chi connectivity index (χ0) is 17.8. The molecule has 1 aromatic carbocycles. The molecule has 0 fully saturated rings. The number of para-hydroxylation sites is 2. The number of thiazole rings is 1. The lowest BCUT2D eigenvalue weighted by Gasteiger charge is -2.08. The van der Waals surface area contributed by atoms with Crippen molar-refractivity contribution >= 4 is 28.3 Å². The van der Waals surface area contributed by atoms with E-state index in [-0.39, 0.29) is 5.91 Å². The molecule has 6 heteroatoms. The summed E-state index contributed by atoms with van der Waals surface area (Å²) in [4.78, 5) is 22.3. The normalized spacial score (nSPS) is 11.2. The molecule has 5 nitrogen and oxygen atoms in total. The zero-order valence-corrected chi connectivity index (χ0v) is 15.8. The average molecular weight is 356 g/mol. The third kappa shape index (κ3) is 3.90. The monoisotopic (exact) mass is 356 g/mol. The molecule has 132 valence electrons. The predicted molar refractivity (Wildman–Crippen MR) is 102 cm³/mol. The number of nitrogens with one attached hydrogen (secondary N) is 1. The van der Waals surface area contributed by atoms with E-state index >= 15 is 0 Å². The van der Waals surface area contributed by atoms with Crippen LogP contribution < -0.4 is 5.32 Å². The Bertz CT molecular complexity index is 881. The Balaban J connectivity index is 1.63. The fourth-order valence-corrected chi connectivity index (χ4v) is 3.96. The van der Waals surface area contributed by atoms with Gasteiger partial charge in [-0.3, -0.25) is 4.79 Å². The number of unbranched alkanes of at least 4 members (excludes halogenated alkanes) is 1. The van der Waals surface area contributed by atoms with Crippen LogP contribution in [0.5, 0.6) is 0 Å². The third-order valence-electron chi connectivity index (χ3n) is 4.26. The van der Waals surface area contributed by atoms with E-state index in [1.807, 2.05) is 32.0 Å². The van der Waals surface area contributed by atoms with Gasteiger partial charge in [0.1, 0.15) is 10.7 Å². The van der Waals surface area contributed by atoms with E-state index in [1.54, 1.807) is 0 Å². The molecule has 0 saturated carbocycles. The second kappa shape index (κ2) is 7.78. The first-order valence-electron chi connectivity index (χ1n) is 8.76. The van der Waals surface area contributed by atoms with Crippen LogP contribution >= 0.6 is 11.3 Å². The summed E-state index contributed by atoms with van der Waals surface area (Å²) >= 11 is 1.52. The van der Waals surface area contributed by atoms with Gasteiger partial charge in [-0.2, -0.15) is 0 Å². The number of fused-ring (bicyclic) bond motifs is 1. The van der Waals surface area contributed by atoms with Gasteiger partial charge in [0.05, 0.1) is 21.7 Å². The lowest BCUT2D eigenvalue weighted by molar-refractivity contribution is 0.0955. The van der Waals surface area contributed by atoms with Crippen molar-refractivity contribution in [2.45, 2.75) is 46.6 Å². The molecule has 0 aliphatic carbocycles. The quantitative estimate of drug-likeness (QED) is 0.699. The van der Waals surface area contributed by atoms with Crippen molar-refractivity contribution in [3.05, 3.63) is 45.7 Å². The number of aromatic nitrogens is 3. The fourth-order valence-electron chi connectivity index (χ4n) is 2.94. The summed E-state index contributed by atoms with van der Waals surface area (Å²) in [5.74, 6) is 0.936. The zero-order valence-electron chi connectivity index (χ0n) is 15.0. The second-order valence-corrected chi connectivity index (χ2v) is 7.26. The van der Waals surface area contributed by atoms with Crippen LogP contribution in [-0.4, -0.2) is 27.0 Å². The fraction of sp³-hybridized carbons (Fsp3) is 0.421. The number of hydrogen-bond donors (Lipinski definition) is 1. The van der Waals surface area contributed by atoms with Gasteiger partial charge < -0.3 is 9.88 Å². The first-order valence-corrected chi connectivity index (χ1v) is 9.58. The summed E-state index contributed by atoms with van der Waals surface area (Å²) in [6, 6.07) is 8.07. The second-order valence-electron chi connectivity index (χ2n) is 6.18. The van der Waals surface area contributed by atoms with Gasteiger partial charge in [-0.15, -0.1) is 11.3 Å². The molecule has 0 aliphatic rings. The Morgan fingerprint density at radius 3 is 2.84 bits per heavy atom. The Kier molecular flexibility index (Phi) is 5.48. The van der Waals surface area contributed by atoms with E-state index in [1.165, 1.54) is 11.3 Å². The number of benzene rings is 1. The van der Waals surface area contributed by atoms with Crippen molar-refractivity contribution in [3.63, 3.8) is 0 Å². The molecule has 1 N–H and O–H groups in total. The van der Waals surface area contributed by atoms with Crippen molar-refractivity contribution in [3.8, 4) is 0 Å². The minimum Gasteiger partial charge on any atom is -0.349 e. The minimum absolute atomic E-state index is 0.0279. The molecule has 3 rings (SSSR count). The Hall–Kier alpha value is -2.21. The highest BCUT2D eigenvalue weighted by Crippen LogP contribution is 2.20. The van der Waals surface area contributed by atoms with Crippen LogP contribution in [0.2, 0.25) is 0 Å². The largest absolute Gasteiger partial charge is 0.349 e. The highest BCUT2D eigenvalue weighted by Gasteiger charge is 2.15. The van der Waals surface area contributed by atoms with Gasteiger partial charge in [0.2, 0.25) is 0 Å². The molecule has 1 amide bonds. The summed E-state index contributed by atoms with van der Waals surface area (Å²) in [5, 5.41) is 4.08. The molecule has 0 radical (unpaired) electrons. The molecular formula is C19H24N4OS. The van der Waals surface area contributed by atoms with Crippen molar-refractivity contribution in [1.29, 1.82) is 0 Å². The molecule has 0 spiro atoms. The summed E-state index contributed by atoms with van der Waals surface area (Å²) in [7, 11) is 0. The number of amides is 1. The van der Waals surface area contributed by atoms with E-state index in [0.29, 0.717) is 13.1 Å². The summed E-state index contributed by atoms with van der Waals surface area (Å²) < 4.78 is 2.14. The van der Waals surface area contributed by atoms with E-state index in [9.17, 15) is 4.79 Å². The molecule has 0 bridgehead atoms. The molecule has 0 unspecified atom stereocenters. The van der Waals surface area contributed by atoms with Crippen LogP contribution in [0.4, 0.5) is 0 Å². The first kappa shape index (κ1) is 17.6. The smallest absolute Gasteiger partial charge is 0.263 e. The molecular weight excluding hydrogens is 332 g/mol. The van der Waals surface area contributed by atoms with Gasteiger partial charge in [-0.1, -0.05) is 25.5 Å². The number of carbonyl (C=O) groups excluding carboxylic acids is 1. The number of nitrogens with zero attached hydrogens (tertiary/aromatic N) is 3. The standard InChI is InChI=1S/C19H24N4OS/c1-4-5-10-17-21-13(2)18(25-17)19(24)20-11-12-23-14(3)22-15-8-6-7-9-16(15)23/h6-9H,4-5,10-12H2,1-3H3,(H,20,24). The van der Waals surface area contributed by atoms with Gasteiger partial charge in [-0.05, 0) is 38.8 Å². The Morgan fingerprint density at radius 1 is 1.24 bits per heavy atom.